The van der Waals surface area contributed by atoms with Crippen molar-refractivity contribution in [2.45, 2.75) is 33.1 Å². The van der Waals surface area contributed by atoms with Gasteiger partial charge in [-0.25, -0.2) is 8.42 Å². The van der Waals surface area contributed by atoms with Crippen LogP contribution in [0.4, 0.5) is 11.4 Å². The van der Waals surface area contributed by atoms with Crippen LogP contribution in [0.3, 0.4) is 0 Å². The van der Waals surface area contributed by atoms with Crippen molar-refractivity contribution in [1.82, 2.24) is 0 Å². The van der Waals surface area contributed by atoms with Gasteiger partial charge in [0.05, 0.1) is 11.9 Å². The third-order valence-corrected chi connectivity index (χ3v) is 3.23. The highest BCUT2D eigenvalue weighted by Crippen LogP contribution is 2.34. The highest BCUT2D eigenvalue weighted by atomic mass is 32.2. The van der Waals surface area contributed by atoms with E-state index in [1.54, 1.807) is 19.1 Å². The first kappa shape index (κ1) is 14.6. The van der Waals surface area contributed by atoms with Gasteiger partial charge in [0.1, 0.15) is 5.69 Å². The summed E-state index contributed by atoms with van der Waals surface area (Å²) in [6.45, 7) is 7.61. The average Bonchev–Trinajstić information content (AvgIpc) is 2.17. The molecule has 5 nitrogen and oxygen atoms in total. The quantitative estimate of drug-likeness (QED) is 0.857. The monoisotopic (exact) mass is 270 g/mol. The summed E-state index contributed by atoms with van der Waals surface area (Å²) in [7, 11) is -3.38. The van der Waals surface area contributed by atoms with Gasteiger partial charge in [-0.3, -0.25) is 4.72 Å². The summed E-state index contributed by atoms with van der Waals surface area (Å²) >= 11 is 0. The van der Waals surface area contributed by atoms with Crippen LogP contribution in [0.25, 0.3) is 0 Å². The molecule has 6 heteroatoms. The molecule has 1 rings (SSSR count). The zero-order chi connectivity index (χ0) is 14.1. The number of nitroso groups, excluding NO2 is 1. The van der Waals surface area contributed by atoms with Crippen molar-refractivity contribution in [2.24, 2.45) is 5.18 Å². The van der Waals surface area contributed by atoms with Crippen LogP contribution in [0.15, 0.2) is 17.3 Å². The Morgan fingerprint density at radius 1 is 1.22 bits per heavy atom. The van der Waals surface area contributed by atoms with E-state index < -0.39 is 10.0 Å². The number of benzene rings is 1. The molecule has 0 aromatic heterocycles. The SMILES string of the molecule is Cc1c(N=O)cc(C(C)(C)C)cc1NS(C)(=O)=O. The van der Waals surface area contributed by atoms with Crippen LogP contribution in [0, 0.1) is 11.8 Å². The minimum Gasteiger partial charge on any atom is -0.283 e. The minimum atomic E-state index is -3.38. The first-order chi connectivity index (χ1) is 8.04. The molecule has 1 aromatic carbocycles. The summed E-state index contributed by atoms with van der Waals surface area (Å²) in [5, 5.41) is 2.95. The molecule has 0 fully saturated rings. The maximum Gasteiger partial charge on any atom is 0.229 e. The molecular weight excluding hydrogens is 252 g/mol. The summed E-state index contributed by atoms with van der Waals surface area (Å²) in [5.41, 5.74) is 1.85. The van der Waals surface area contributed by atoms with Gasteiger partial charge >= 0.3 is 0 Å². The number of sulfonamides is 1. The van der Waals surface area contributed by atoms with E-state index in [4.69, 9.17) is 0 Å². The molecule has 18 heavy (non-hydrogen) atoms. The fraction of sp³-hybridized carbons (Fsp3) is 0.500. The number of anilines is 1. The van der Waals surface area contributed by atoms with Crippen LogP contribution < -0.4 is 4.72 Å². The number of hydrogen-bond acceptors (Lipinski definition) is 4. The van der Waals surface area contributed by atoms with E-state index in [0.717, 1.165) is 11.8 Å². The number of hydrogen-bond donors (Lipinski definition) is 1. The van der Waals surface area contributed by atoms with Crippen molar-refractivity contribution in [3.63, 3.8) is 0 Å². The van der Waals surface area contributed by atoms with Crippen LogP contribution >= 0.6 is 0 Å². The molecule has 0 heterocycles. The van der Waals surface area contributed by atoms with Crippen molar-refractivity contribution >= 4 is 21.4 Å². The smallest absolute Gasteiger partial charge is 0.229 e. The van der Waals surface area contributed by atoms with E-state index in [2.05, 4.69) is 9.90 Å². The Morgan fingerprint density at radius 2 is 1.78 bits per heavy atom. The fourth-order valence-electron chi connectivity index (χ4n) is 1.53. The van der Waals surface area contributed by atoms with Crippen LogP contribution in [0.5, 0.6) is 0 Å². The lowest BCUT2D eigenvalue weighted by Gasteiger charge is -2.21. The van der Waals surface area contributed by atoms with Gasteiger partial charge in [-0.05, 0) is 35.2 Å². The normalized spacial score (nSPS) is 12.3. The molecule has 0 atom stereocenters. The third kappa shape index (κ3) is 3.53. The lowest BCUT2D eigenvalue weighted by Crippen LogP contribution is -2.15. The largest absolute Gasteiger partial charge is 0.283 e. The van der Waals surface area contributed by atoms with E-state index >= 15 is 0 Å². The molecular formula is C12H18N2O3S. The molecule has 0 bridgehead atoms. The van der Waals surface area contributed by atoms with Crippen LogP contribution in [-0.2, 0) is 15.4 Å². The molecule has 0 amide bonds. The summed E-state index contributed by atoms with van der Waals surface area (Å²) in [6, 6.07) is 3.43. The van der Waals surface area contributed by atoms with E-state index in [1.165, 1.54) is 0 Å². The van der Waals surface area contributed by atoms with Crippen LogP contribution in [-0.4, -0.2) is 14.7 Å². The van der Waals surface area contributed by atoms with Crippen molar-refractivity contribution < 1.29 is 8.42 Å². The summed E-state index contributed by atoms with van der Waals surface area (Å²) < 4.78 is 25.0. The highest BCUT2D eigenvalue weighted by Gasteiger charge is 2.19. The fourth-order valence-corrected chi connectivity index (χ4v) is 2.14. The molecule has 0 unspecified atom stereocenters. The number of rotatable bonds is 3. The second-order valence-corrected chi connectivity index (χ2v) is 7.13. The Kier molecular flexibility index (Phi) is 3.81. The first-order valence-corrected chi connectivity index (χ1v) is 7.40. The van der Waals surface area contributed by atoms with Gasteiger partial charge < -0.3 is 0 Å². The van der Waals surface area contributed by atoms with E-state index in [-0.39, 0.29) is 11.1 Å². The lowest BCUT2D eigenvalue weighted by molar-refractivity contribution is 0.590. The molecule has 0 spiro atoms. The van der Waals surface area contributed by atoms with Crippen LogP contribution in [0.1, 0.15) is 31.9 Å². The predicted octanol–water partition coefficient (Wildman–Crippen LogP) is 3.06. The van der Waals surface area contributed by atoms with Crippen molar-refractivity contribution in [3.8, 4) is 0 Å². The molecule has 1 N–H and O–H groups in total. The number of nitrogens with zero attached hydrogens (tertiary/aromatic N) is 1. The van der Waals surface area contributed by atoms with Gasteiger partial charge in [-0.15, -0.1) is 4.91 Å². The summed E-state index contributed by atoms with van der Waals surface area (Å²) in [5.74, 6) is 0. The van der Waals surface area contributed by atoms with Crippen molar-refractivity contribution in [3.05, 3.63) is 28.2 Å². The van der Waals surface area contributed by atoms with Gasteiger partial charge in [0, 0.05) is 5.56 Å². The van der Waals surface area contributed by atoms with Gasteiger partial charge in [-0.1, -0.05) is 20.8 Å². The minimum absolute atomic E-state index is 0.193. The molecule has 0 aliphatic carbocycles. The molecule has 0 saturated heterocycles. The molecule has 100 valence electrons. The number of nitrogens with one attached hydrogen (secondary N) is 1. The Labute approximate surface area is 108 Å². The molecule has 1 aromatic rings. The van der Waals surface area contributed by atoms with Crippen LogP contribution in [0.2, 0.25) is 0 Å². The zero-order valence-corrected chi connectivity index (χ0v) is 12.1. The lowest BCUT2D eigenvalue weighted by atomic mass is 9.86. The Bertz CT molecular complexity index is 572. The standard InChI is InChI=1S/C12H18N2O3S/c1-8-10(13-15)6-9(12(2,3)4)7-11(8)14-18(5,16)17/h6-7,14H,1-5H3. The van der Waals surface area contributed by atoms with Gasteiger partial charge in [-0.2, -0.15) is 0 Å². The van der Waals surface area contributed by atoms with Crippen molar-refractivity contribution in [1.29, 1.82) is 0 Å². The molecule has 0 aliphatic heterocycles. The second kappa shape index (κ2) is 4.68. The third-order valence-electron chi connectivity index (χ3n) is 2.64. The Morgan fingerprint density at radius 3 is 2.17 bits per heavy atom. The summed E-state index contributed by atoms with van der Waals surface area (Å²) in [6.07, 6.45) is 1.07. The topological polar surface area (TPSA) is 75.6 Å². The van der Waals surface area contributed by atoms with Crippen molar-refractivity contribution in [2.75, 3.05) is 11.0 Å². The van der Waals surface area contributed by atoms with Gasteiger partial charge in [0.15, 0.2) is 0 Å². The molecule has 0 aliphatic rings. The van der Waals surface area contributed by atoms with Gasteiger partial charge in [0.2, 0.25) is 10.0 Å². The molecule has 0 saturated carbocycles. The van der Waals surface area contributed by atoms with E-state index in [0.29, 0.717) is 11.3 Å². The van der Waals surface area contributed by atoms with Gasteiger partial charge in [0.25, 0.3) is 0 Å². The zero-order valence-electron chi connectivity index (χ0n) is 11.2. The molecule has 0 radical (unpaired) electrons. The predicted molar refractivity (Wildman–Crippen MR) is 73.8 cm³/mol. The Balaban J connectivity index is 3.46. The van der Waals surface area contributed by atoms with E-state index in [1.807, 2.05) is 20.8 Å². The maximum absolute atomic E-state index is 11.3. The summed E-state index contributed by atoms with van der Waals surface area (Å²) in [4.78, 5) is 10.8. The second-order valence-electron chi connectivity index (χ2n) is 5.38. The Hall–Kier alpha value is -1.43. The average molecular weight is 270 g/mol. The van der Waals surface area contributed by atoms with E-state index in [9.17, 15) is 13.3 Å². The highest BCUT2D eigenvalue weighted by molar-refractivity contribution is 7.92. The first-order valence-electron chi connectivity index (χ1n) is 5.51. The maximum atomic E-state index is 11.3.